The predicted molar refractivity (Wildman–Crippen MR) is 187 cm³/mol. The van der Waals surface area contributed by atoms with Gasteiger partial charge in [-0.2, -0.15) is 0 Å². The van der Waals surface area contributed by atoms with E-state index in [9.17, 15) is 14.7 Å². The van der Waals surface area contributed by atoms with Crippen molar-refractivity contribution in [2.24, 2.45) is 17.8 Å². The summed E-state index contributed by atoms with van der Waals surface area (Å²) < 4.78 is -0.785. The molecule has 8 heteroatoms. The Labute approximate surface area is 275 Å². The number of anilines is 2. The first-order valence-corrected chi connectivity index (χ1v) is 17.2. The maximum absolute atomic E-state index is 15.1. The number of para-hydroxylation sites is 1. The summed E-state index contributed by atoms with van der Waals surface area (Å²) in [6.45, 7) is 12.2. The van der Waals surface area contributed by atoms with E-state index in [-0.39, 0.29) is 42.0 Å². The standard InChI is InChI=1S/C38H43N3O4S/c1-5-21-39(28-15-9-8-10-16-28)35(43)32-31-19-20-38(46-31)33(32)36(44)41(30(24-42)25(4)7-3)34(38)37(45)40(22-6-2)29-18-17-26-13-11-12-14-27(26)23-29/h5-6,8-18,23,25,30-34,42H,1-2,7,19-22,24H2,3-4H3/t25-,30-,31-,32+,33-,34?,38?/m0/s1. The van der Waals surface area contributed by atoms with Crippen molar-refractivity contribution in [3.8, 4) is 0 Å². The molecule has 46 heavy (non-hydrogen) atoms. The number of amides is 3. The second-order valence-electron chi connectivity index (χ2n) is 12.8. The smallest absolute Gasteiger partial charge is 0.251 e. The number of hydrogen-bond donors (Lipinski definition) is 1. The van der Waals surface area contributed by atoms with Gasteiger partial charge in [-0.1, -0.05) is 81.0 Å². The molecule has 3 fully saturated rings. The van der Waals surface area contributed by atoms with Crippen LogP contribution in [0.3, 0.4) is 0 Å². The Bertz CT molecular complexity index is 1650. The predicted octanol–water partition coefficient (Wildman–Crippen LogP) is 6.08. The molecule has 2 bridgehead atoms. The minimum absolute atomic E-state index is 0.0501. The highest BCUT2D eigenvalue weighted by Gasteiger charge is 2.75. The van der Waals surface area contributed by atoms with E-state index in [4.69, 9.17) is 0 Å². The van der Waals surface area contributed by atoms with Crippen LogP contribution in [0, 0.1) is 17.8 Å². The van der Waals surface area contributed by atoms with Crippen LogP contribution in [0.5, 0.6) is 0 Å². The van der Waals surface area contributed by atoms with E-state index in [1.807, 2.05) is 86.6 Å². The van der Waals surface area contributed by atoms with E-state index >= 15 is 4.79 Å². The molecule has 3 amide bonds. The molecule has 2 unspecified atom stereocenters. The first kappa shape index (κ1) is 32.1. The van der Waals surface area contributed by atoms with E-state index in [0.717, 1.165) is 35.0 Å². The number of nitrogens with zero attached hydrogens (tertiary/aromatic N) is 3. The van der Waals surface area contributed by atoms with Crippen LogP contribution in [0.2, 0.25) is 0 Å². The van der Waals surface area contributed by atoms with Gasteiger partial charge in [0.1, 0.15) is 6.04 Å². The summed E-state index contributed by atoms with van der Waals surface area (Å²) >= 11 is 1.65. The number of carbonyl (C=O) groups is 3. The summed E-state index contributed by atoms with van der Waals surface area (Å²) in [5.74, 6) is -1.82. The van der Waals surface area contributed by atoms with Gasteiger partial charge >= 0.3 is 0 Å². The molecule has 3 saturated heterocycles. The molecule has 3 heterocycles. The topological polar surface area (TPSA) is 81.2 Å². The molecule has 3 aliphatic heterocycles. The number of aliphatic hydroxyl groups excluding tert-OH is 1. The molecule has 0 aromatic heterocycles. The number of thioether (sulfide) groups is 1. The number of aliphatic hydroxyl groups is 1. The van der Waals surface area contributed by atoms with E-state index < -0.39 is 28.7 Å². The third-order valence-corrected chi connectivity index (χ3v) is 12.3. The van der Waals surface area contributed by atoms with E-state index in [1.54, 1.807) is 38.6 Å². The Morgan fingerprint density at radius 1 is 0.978 bits per heavy atom. The van der Waals surface area contributed by atoms with Crippen molar-refractivity contribution in [1.82, 2.24) is 4.90 Å². The Hall–Kier alpha value is -3.88. The molecule has 7 atom stereocenters. The van der Waals surface area contributed by atoms with Gasteiger partial charge in [0.15, 0.2) is 0 Å². The van der Waals surface area contributed by atoms with Crippen LogP contribution in [0.25, 0.3) is 10.8 Å². The van der Waals surface area contributed by atoms with Crippen molar-refractivity contribution in [2.75, 3.05) is 29.5 Å². The Balaban J connectivity index is 1.45. The Kier molecular flexibility index (Phi) is 9.12. The van der Waals surface area contributed by atoms with Gasteiger partial charge in [-0.3, -0.25) is 14.4 Å². The molecule has 6 rings (SSSR count). The van der Waals surface area contributed by atoms with Gasteiger partial charge < -0.3 is 19.8 Å². The number of fused-ring (bicyclic) bond motifs is 2. The van der Waals surface area contributed by atoms with Crippen molar-refractivity contribution >= 4 is 51.6 Å². The lowest BCUT2D eigenvalue weighted by atomic mass is 9.70. The van der Waals surface area contributed by atoms with Crippen LogP contribution in [0.1, 0.15) is 33.1 Å². The van der Waals surface area contributed by atoms with Gasteiger partial charge in [-0.25, -0.2) is 0 Å². The quantitative estimate of drug-likeness (QED) is 0.244. The largest absolute Gasteiger partial charge is 0.394 e. The lowest BCUT2D eigenvalue weighted by molar-refractivity contribution is -0.143. The summed E-state index contributed by atoms with van der Waals surface area (Å²) in [7, 11) is 0. The number of carbonyl (C=O) groups excluding carboxylic acids is 3. The van der Waals surface area contributed by atoms with Crippen LogP contribution < -0.4 is 9.80 Å². The van der Waals surface area contributed by atoms with Crippen molar-refractivity contribution in [1.29, 1.82) is 0 Å². The highest BCUT2D eigenvalue weighted by Crippen LogP contribution is 2.67. The summed E-state index contributed by atoms with van der Waals surface area (Å²) in [5, 5.41) is 12.8. The second-order valence-corrected chi connectivity index (χ2v) is 14.4. The monoisotopic (exact) mass is 637 g/mol. The van der Waals surface area contributed by atoms with Gasteiger partial charge in [0.25, 0.3) is 5.91 Å². The van der Waals surface area contributed by atoms with Gasteiger partial charge in [0.2, 0.25) is 11.8 Å². The maximum Gasteiger partial charge on any atom is 0.251 e. The molecule has 0 radical (unpaired) electrons. The summed E-state index contributed by atoms with van der Waals surface area (Å²) in [5.41, 5.74) is 1.48. The summed E-state index contributed by atoms with van der Waals surface area (Å²) in [6, 6.07) is 22.1. The maximum atomic E-state index is 15.1. The zero-order valence-corrected chi connectivity index (χ0v) is 27.4. The average Bonchev–Trinajstić information content (AvgIpc) is 3.73. The van der Waals surface area contributed by atoms with Gasteiger partial charge in [0, 0.05) is 29.7 Å². The average molecular weight is 638 g/mol. The molecule has 3 aliphatic rings. The Morgan fingerprint density at radius 3 is 2.28 bits per heavy atom. The number of rotatable bonds is 12. The third kappa shape index (κ3) is 5.16. The fourth-order valence-electron chi connectivity index (χ4n) is 8.01. The molecule has 0 saturated carbocycles. The van der Waals surface area contributed by atoms with Crippen LogP contribution in [-0.4, -0.2) is 69.5 Å². The molecule has 7 nitrogen and oxygen atoms in total. The zero-order chi connectivity index (χ0) is 32.6. The molecular weight excluding hydrogens is 595 g/mol. The molecule has 3 aromatic rings. The molecule has 0 aliphatic carbocycles. The SMILES string of the molecule is C=CCN(C(=O)C1N([C@@H](CO)[C@@H](C)CC)C(=O)[C@@H]2[C@H](C(=O)N(CC=C)c3ccccc3)[C@@H]3CCC12S3)c1ccc2ccccc2c1. The number of hydrogen-bond acceptors (Lipinski definition) is 5. The van der Waals surface area contributed by atoms with Crippen molar-refractivity contribution < 1.29 is 19.5 Å². The normalized spacial score (nSPS) is 26.1. The van der Waals surface area contributed by atoms with Gasteiger partial charge in [-0.15, -0.1) is 24.9 Å². The first-order valence-electron chi connectivity index (χ1n) is 16.3. The molecule has 1 N–H and O–H groups in total. The summed E-state index contributed by atoms with van der Waals surface area (Å²) in [6.07, 6.45) is 5.54. The van der Waals surface area contributed by atoms with E-state index in [0.29, 0.717) is 13.0 Å². The first-order chi connectivity index (χ1) is 22.3. The fraction of sp³-hybridized carbons (Fsp3) is 0.395. The van der Waals surface area contributed by atoms with Crippen LogP contribution in [-0.2, 0) is 14.4 Å². The highest BCUT2D eigenvalue weighted by molar-refractivity contribution is 8.02. The third-order valence-electron chi connectivity index (χ3n) is 10.4. The van der Waals surface area contributed by atoms with Crippen molar-refractivity contribution in [3.63, 3.8) is 0 Å². The molecular formula is C38H43N3O4S. The molecule has 1 spiro atoms. The second kappa shape index (κ2) is 13.1. The fourth-order valence-corrected chi connectivity index (χ4v) is 10.2. The van der Waals surface area contributed by atoms with Crippen LogP contribution in [0.4, 0.5) is 11.4 Å². The molecule has 3 aromatic carbocycles. The van der Waals surface area contributed by atoms with Crippen molar-refractivity contribution in [3.05, 3.63) is 98.1 Å². The lowest BCUT2D eigenvalue weighted by Crippen LogP contribution is -2.58. The van der Waals surface area contributed by atoms with Crippen molar-refractivity contribution in [2.45, 2.75) is 55.2 Å². The zero-order valence-electron chi connectivity index (χ0n) is 26.6. The minimum Gasteiger partial charge on any atom is -0.394 e. The van der Waals surface area contributed by atoms with Crippen LogP contribution in [0.15, 0.2) is 98.1 Å². The number of benzene rings is 3. The number of likely N-dealkylation sites (tertiary alicyclic amines) is 1. The lowest BCUT2D eigenvalue weighted by Gasteiger charge is -2.41. The van der Waals surface area contributed by atoms with Gasteiger partial charge in [0.05, 0.1) is 29.2 Å². The minimum atomic E-state index is -0.833. The Morgan fingerprint density at radius 2 is 1.63 bits per heavy atom. The highest BCUT2D eigenvalue weighted by atomic mass is 32.2. The van der Waals surface area contributed by atoms with Gasteiger partial charge in [-0.05, 0) is 53.8 Å². The summed E-state index contributed by atoms with van der Waals surface area (Å²) in [4.78, 5) is 49.6. The van der Waals surface area contributed by atoms with E-state index in [2.05, 4.69) is 13.2 Å². The van der Waals surface area contributed by atoms with E-state index in [1.165, 1.54) is 0 Å². The van der Waals surface area contributed by atoms with Crippen LogP contribution >= 0.6 is 11.8 Å². The molecule has 240 valence electrons.